The molecule has 0 fully saturated rings. The molecule has 0 bridgehead atoms. The van der Waals surface area contributed by atoms with Crippen molar-refractivity contribution in [2.75, 3.05) is 6.61 Å². The standard InChI is InChI=1S/C21H17FN4O4S2/c22-17-4-2-1-3-15(17)16(11-27)21(28)25-8-13-9-26(24-19(13)10-25)32(29,30)14-5-6-18-20(7-14)31-12-23-18/h1-7,9,12,16,27H,8,10-11H2/t16-/m1/s1. The van der Waals surface area contributed by atoms with Gasteiger partial charge in [-0.2, -0.15) is 17.6 Å². The Balaban J connectivity index is 1.38. The van der Waals surface area contributed by atoms with Gasteiger partial charge in [0.2, 0.25) is 5.91 Å². The molecule has 0 spiro atoms. The van der Waals surface area contributed by atoms with Gasteiger partial charge in [-0.1, -0.05) is 18.2 Å². The zero-order chi connectivity index (χ0) is 22.5. The van der Waals surface area contributed by atoms with E-state index in [2.05, 4.69) is 10.1 Å². The molecule has 1 atom stereocenters. The second-order valence-corrected chi connectivity index (χ2v) is 10.1. The molecule has 3 heterocycles. The molecule has 2 aromatic heterocycles. The zero-order valence-electron chi connectivity index (χ0n) is 16.6. The summed E-state index contributed by atoms with van der Waals surface area (Å²) in [5.74, 6) is -2.05. The monoisotopic (exact) mass is 472 g/mol. The summed E-state index contributed by atoms with van der Waals surface area (Å²) >= 11 is 1.35. The molecule has 5 rings (SSSR count). The predicted octanol–water partition coefficient (Wildman–Crippen LogP) is 2.49. The third-order valence-corrected chi connectivity index (χ3v) is 7.80. The van der Waals surface area contributed by atoms with Crippen molar-refractivity contribution in [3.63, 3.8) is 0 Å². The van der Waals surface area contributed by atoms with Gasteiger partial charge in [0.15, 0.2) is 0 Å². The number of carbonyl (C=O) groups is 1. The van der Waals surface area contributed by atoms with Crippen molar-refractivity contribution in [2.24, 2.45) is 0 Å². The number of amides is 1. The van der Waals surface area contributed by atoms with Gasteiger partial charge >= 0.3 is 0 Å². The molecule has 11 heteroatoms. The summed E-state index contributed by atoms with van der Waals surface area (Å²) < 4.78 is 41.9. The number of carbonyl (C=O) groups excluding carboxylic acids is 1. The molecule has 4 aromatic rings. The Bertz CT molecular complexity index is 1420. The van der Waals surface area contributed by atoms with E-state index in [9.17, 15) is 22.7 Å². The number of aliphatic hydroxyl groups is 1. The fraction of sp³-hybridized carbons (Fsp3) is 0.190. The molecule has 1 amide bonds. The molecular formula is C21H17FN4O4S2. The maximum absolute atomic E-state index is 14.1. The number of aliphatic hydroxyl groups excluding tert-OH is 1. The lowest BCUT2D eigenvalue weighted by atomic mass is 9.98. The average Bonchev–Trinajstić information content (AvgIpc) is 3.49. The first kappa shape index (κ1) is 20.7. The second kappa shape index (κ2) is 7.76. The number of hydrogen-bond acceptors (Lipinski definition) is 7. The summed E-state index contributed by atoms with van der Waals surface area (Å²) in [7, 11) is -3.90. The molecule has 0 saturated heterocycles. The second-order valence-electron chi connectivity index (χ2n) is 7.41. The SMILES string of the molecule is O=C([C@H](CO)c1ccccc1F)N1Cc2cn(S(=O)(=O)c3ccc4ncsc4c3)nc2C1. The maximum atomic E-state index is 14.1. The fourth-order valence-electron chi connectivity index (χ4n) is 3.80. The molecule has 1 aliphatic heterocycles. The number of nitrogens with zero attached hydrogens (tertiary/aromatic N) is 4. The number of hydrogen-bond donors (Lipinski definition) is 1. The van der Waals surface area contributed by atoms with Crippen LogP contribution in [0.5, 0.6) is 0 Å². The highest BCUT2D eigenvalue weighted by Gasteiger charge is 2.34. The first-order chi connectivity index (χ1) is 15.4. The molecule has 164 valence electrons. The van der Waals surface area contributed by atoms with Gasteiger partial charge in [0.05, 0.1) is 45.4 Å². The van der Waals surface area contributed by atoms with Crippen molar-refractivity contribution < 1.29 is 22.7 Å². The van der Waals surface area contributed by atoms with Crippen molar-refractivity contribution in [1.82, 2.24) is 19.1 Å². The van der Waals surface area contributed by atoms with Crippen LogP contribution in [0, 0.1) is 5.82 Å². The Morgan fingerprint density at radius 2 is 2.03 bits per heavy atom. The quantitative estimate of drug-likeness (QED) is 0.479. The van der Waals surface area contributed by atoms with Crippen LogP contribution in [-0.4, -0.2) is 45.1 Å². The highest BCUT2D eigenvalue weighted by atomic mass is 32.2. The smallest absolute Gasteiger partial charge is 0.283 e. The van der Waals surface area contributed by atoms with E-state index in [1.807, 2.05) is 0 Å². The van der Waals surface area contributed by atoms with Gasteiger partial charge in [0.25, 0.3) is 10.0 Å². The first-order valence-corrected chi connectivity index (χ1v) is 12.0. The molecule has 0 aliphatic carbocycles. The van der Waals surface area contributed by atoms with E-state index >= 15 is 0 Å². The van der Waals surface area contributed by atoms with E-state index in [-0.39, 0.29) is 23.5 Å². The van der Waals surface area contributed by atoms with Crippen molar-refractivity contribution in [2.45, 2.75) is 23.9 Å². The minimum atomic E-state index is -3.90. The molecule has 1 aliphatic rings. The van der Waals surface area contributed by atoms with Crippen LogP contribution in [-0.2, 0) is 27.9 Å². The molecule has 1 N–H and O–H groups in total. The van der Waals surface area contributed by atoms with Gasteiger partial charge < -0.3 is 10.0 Å². The van der Waals surface area contributed by atoms with E-state index in [0.717, 1.165) is 14.3 Å². The normalized spacial score (nSPS) is 14.6. The number of fused-ring (bicyclic) bond motifs is 2. The number of thiazole rings is 1. The number of rotatable bonds is 5. The topological polar surface area (TPSA) is 105 Å². The van der Waals surface area contributed by atoms with Crippen LogP contribution in [0.15, 0.2) is 59.1 Å². The summed E-state index contributed by atoms with van der Waals surface area (Å²) in [5.41, 5.74) is 3.53. The lowest BCUT2D eigenvalue weighted by Crippen LogP contribution is -2.33. The van der Waals surface area contributed by atoms with Crippen molar-refractivity contribution in [3.8, 4) is 0 Å². The summed E-state index contributed by atoms with van der Waals surface area (Å²) in [6, 6.07) is 10.5. The fourth-order valence-corrected chi connectivity index (χ4v) is 5.78. The Hall–Kier alpha value is -3.15. The molecular weight excluding hydrogens is 455 g/mol. The van der Waals surface area contributed by atoms with Crippen molar-refractivity contribution in [1.29, 1.82) is 0 Å². The lowest BCUT2D eigenvalue weighted by Gasteiger charge is -2.22. The van der Waals surface area contributed by atoms with Crippen LogP contribution in [0.25, 0.3) is 10.2 Å². The third kappa shape index (κ3) is 3.38. The van der Waals surface area contributed by atoms with E-state index in [0.29, 0.717) is 11.3 Å². The van der Waals surface area contributed by atoms with E-state index in [1.54, 1.807) is 23.7 Å². The van der Waals surface area contributed by atoms with Crippen molar-refractivity contribution in [3.05, 3.63) is 76.8 Å². The molecule has 0 radical (unpaired) electrons. The first-order valence-electron chi connectivity index (χ1n) is 9.69. The minimum Gasteiger partial charge on any atom is -0.395 e. The number of halogens is 1. The third-order valence-electron chi connectivity index (χ3n) is 5.48. The van der Waals surface area contributed by atoms with Crippen molar-refractivity contribution >= 4 is 37.5 Å². The van der Waals surface area contributed by atoms with Crippen LogP contribution < -0.4 is 0 Å². The van der Waals surface area contributed by atoms with Gasteiger partial charge in [0, 0.05) is 23.9 Å². The Labute approximate surface area is 186 Å². The van der Waals surface area contributed by atoms with Crippen LogP contribution in [0.4, 0.5) is 4.39 Å². The largest absolute Gasteiger partial charge is 0.395 e. The average molecular weight is 473 g/mol. The van der Waals surface area contributed by atoms with Gasteiger partial charge in [-0.05, 0) is 24.3 Å². The van der Waals surface area contributed by atoms with Gasteiger partial charge in [0.1, 0.15) is 5.82 Å². The zero-order valence-corrected chi connectivity index (χ0v) is 18.2. The number of aromatic nitrogens is 3. The van der Waals surface area contributed by atoms with Crippen LogP contribution in [0.1, 0.15) is 22.7 Å². The Morgan fingerprint density at radius 1 is 1.22 bits per heavy atom. The number of benzene rings is 2. The molecule has 0 saturated carbocycles. The summed E-state index contributed by atoms with van der Waals surface area (Å²) in [5, 5.41) is 13.9. The summed E-state index contributed by atoms with van der Waals surface area (Å²) in [6.45, 7) is -0.333. The summed E-state index contributed by atoms with van der Waals surface area (Å²) in [6.07, 6.45) is 1.39. The van der Waals surface area contributed by atoms with Crippen LogP contribution >= 0.6 is 11.3 Å². The van der Waals surface area contributed by atoms with E-state index in [4.69, 9.17) is 0 Å². The molecule has 2 aromatic carbocycles. The molecule has 0 unspecified atom stereocenters. The van der Waals surface area contributed by atoms with E-state index in [1.165, 1.54) is 46.7 Å². The summed E-state index contributed by atoms with van der Waals surface area (Å²) in [4.78, 5) is 18.6. The highest BCUT2D eigenvalue weighted by Crippen LogP contribution is 2.29. The minimum absolute atomic E-state index is 0.0789. The Kier molecular flexibility index (Phi) is 5.03. The Morgan fingerprint density at radius 3 is 2.78 bits per heavy atom. The van der Waals surface area contributed by atoms with Gasteiger partial charge in [-0.15, -0.1) is 11.3 Å². The van der Waals surface area contributed by atoms with Crippen LogP contribution in [0.3, 0.4) is 0 Å². The van der Waals surface area contributed by atoms with E-state index < -0.39 is 34.3 Å². The van der Waals surface area contributed by atoms with Gasteiger partial charge in [-0.3, -0.25) is 4.79 Å². The molecule has 8 nitrogen and oxygen atoms in total. The lowest BCUT2D eigenvalue weighted by molar-refractivity contribution is -0.134. The van der Waals surface area contributed by atoms with Gasteiger partial charge in [-0.25, -0.2) is 9.37 Å². The highest BCUT2D eigenvalue weighted by molar-refractivity contribution is 7.89. The van der Waals surface area contributed by atoms with Crippen LogP contribution in [0.2, 0.25) is 0 Å². The predicted molar refractivity (Wildman–Crippen MR) is 115 cm³/mol. The molecule has 32 heavy (non-hydrogen) atoms. The maximum Gasteiger partial charge on any atom is 0.283 e.